The van der Waals surface area contributed by atoms with Gasteiger partial charge in [0, 0.05) is 0 Å². The fraction of sp³-hybridized carbons (Fsp3) is 1.00. The quantitative estimate of drug-likeness (QED) is 0.607. The van der Waals surface area contributed by atoms with Crippen LogP contribution in [0.25, 0.3) is 0 Å². The van der Waals surface area contributed by atoms with Gasteiger partial charge in [0.15, 0.2) is 8.32 Å². The molecule has 0 aromatic carbocycles. The smallest absolute Gasteiger partial charge is 0.190 e. The second-order valence-corrected chi connectivity index (χ2v) is 9.52. The van der Waals surface area contributed by atoms with E-state index in [0.717, 1.165) is 12.0 Å². The second kappa shape index (κ2) is 4.60. The van der Waals surface area contributed by atoms with Gasteiger partial charge >= 0.3 is 0 Å². The Labute approximate surface area is 85.0 Å². The van der Waals surface area contributed by atoms with Gasteiger partial charge in [-0.15, -0.1) is 0 Å². The Kier molecular flexibility index (Phi) is 4.67. The summed E-state index contributed by atoms with van der Waals surface area (Å²) in [5.74, 6) is 0. The summed E-state index contributed by atoms with van der Waals surface area (Å²) in [6.45, 7) is 15.8. The summed E-state index contributed by atoms with van der Waals surface area (Å²) in [6, 6.07) is 0. The highest BCUT2D eigenvalue weighted by Gasteiger charge is 2.34. The molecule has 0 N–H and O–H groups in total. The predicted molar refractivity (Wildman–Crippen MR) is 62.7 cm³/mol. The molecule has 0 aliphatic heterocycles. The molecule has 0 aromatic heterocycles. The lowest BCUT2D eigenvalue weighted by Crippen LogP contribution is -2.43. The summed E-state index contributed by atoms with van der Waals surface area (Å²) in [6.07, 6.45) is 2.33. The Morgan fingerprint density at radius 2 is 1.69 bits per heavy atom. The highest BCUT2D eigenvalue weighted by atomic mass is 28.4. The van der Waals surface area contributed by atoms with Crippen LogP contribution in [0.15, 0.2) is 0 Å². The standard InChI is InChI=1S/C11H26OSi/c1-8-10(3)13(6,7)12-11(4,5)9-2/h10H,8-9H2,1-7H3. The molecule has 80 valence electrons. The van der Waals surface area contributed by atoms with Crippen molar-refractivity contribution in [3.63, 3.8) is 0 Å². The Balaban J connectivity index is 4.32. The Bertz CT molecular complexity index is 152. The summed E-state index contributed by atoms with van der Waals surface area (Å²) < 4.78 is 6.27. The first kappa shape index (κ1) is 13.2. The van der Waals surface area contributed by atoms with Gasteiger partial charge in [-0.1, -0.05) is 27.2 Å². The first-order valence-electron chi connectivity index (χ1n) is 5.45. The van der Waals surface area contributed by atoms with E-state index in [0.29, 0.717) is 0 Å². The molecule has 0 bridgehead atoms. The lowest BCUT2D eigenvalue weighted by atomic mass is 10.1. The van der Waals surface area contributed by atoms with Crippen LogP contribution in [-0.4, -0.2) is 13.9 Å². The van der Waals surface area contributed by atoms with E-state index >= 15 is 0 Å². The van der Waals surface area contributed by atoms with E-state index < -0.39 is 8.32 Å². The highest BCUT2D eigenvalue weighted by Crippen LogP contribution is 2.30. The molecule has 0 aliphatic carbocycles. The van der Waals surface area contributed by atoms with Crippen LogP contribution in [-0.2, 0) is 4.43 Å². The molecule has 0 fully saturated rings. The first-order valence-corrected chi connectivity index (χ1v) is 8.44. The number of hydrogen-bond donors (Lipinski definition) is 0. The van der Waals surface area contributed by atoms with Gasteiger partial charge in [0.05, 0.1) is 5.60 Å². The molecule has 2 heteroatoms. The van der Waals surface area contributed by atoms with E-state index in [1.807, 2.05) is 0 Å². The molecular weight excluding hydrogens is 176 g/mol. The van der Waals surface area contributed by atoms with Crippen LogP contribution in [0.4, 0.5) is 0 Å². The Hall–Kier alpha value is 0.177. The van der Waals surface area contributed by atoms with Gasteiger partial charge < -0.3 is 4.43 Å². The summed E-state index contributed by atoms with van der Waals surface area (Å²) in [5, 5.41) is 0. The van der Waals surface area contributed by atoms with Gasteiger partial charge in [0.2, 0.25) is 0 Å². The molecular formula is C11H26OSi. The topological polar surface area (TPSA) is 9.23 Å². The maximum Gasteiger partial charge on any atom is 0.190 e. The molecule has 1 atom stereocenters. The van der Waals surface area contributed by atoms with Gasteiger partial charge in [0.1, 0.15) is 0 Å². The minimum atomic E-state index is -1.46. The summed E-state index contributed by atoms with van der Waals surface area (Å²) >= 11 is 0. The SMILES string of the molecule is CCC(C)[Si](C)(C)OC(C)(C)CC. The maximum atomic E-state index is 6.27. The van der Waals surface area contributed by atoms with Gasteiger partial charge in [-0.25, -0.2) is 0 Å². The van der Waals surface area contributed by atoms with Crippen molar-refractivity contribution in [2.45, 2.75) is 71.7 Å². The molecule has 0 aromatic rings. The van der Waals surface area contributed by atoms with E-state index in [-0.39, 0.29) is 5.60 Å². The third kappa shape index (κ3) is 4.27. The average molecular weight is 202 g/mol. The molecule has 0 radical (unpaired) electrons. The largest absolute Gasteiger partial charge is 0.412 e. The van der Waals surface area contributed by atoms with Gasteiger partial charge in [-0.3, -0.25) is 0 Å². The summed E-state index contributed by atoms with van der Waals surface area (Å²) in [5.41, 5.74) is 0.817. The van der Waals surface area contributed by atoms with Gasteiger partial charge in [0.25, 0.3) is 0 Å². The molecule has 0 spiro atoms. The molecule has 1 unspecified atom stereocenters. The van der Waals surface area contributed by atoms with Crippen molar-refractivity contribution < 1.29 is 4.43 Å². The van der Waals surface area contributed by atoms with E-state index in [1.54, 1.807) is 0 Å². The molecule has 13 heavy (non-hydrogen) atoms. The zero-order chi connectivity index (χ0) is 10.7. The van der Waals surface area contributed by atoms with E-state index in [4.69, 9.17) is 4.43 Å². The van der Waals surface area contributed by atoms with Crippen molar-refractivity contribution >= 4 is 8.32 Å². The Morgan fingerprint density at radius 1 is 1.23 bits per heavy atom. The predicted octanol–water partition coefficient (Wildman–Crippen LogP) is 4.20. The van der Waals surface area contributed by atoms with E-state index in [2.05, 4.69) is 47.7 Å². The molecule has 0 heterocycles. The van der Waals surface area contributed by atoms with Crippen molar-refractivity contribution in [2.24, 2.45) is 0 Å². The summed E-state index contributed by atoms with van der Waals surface area (Å²) in [7, 11) is -1.46. The molecule has 0 saturated carbocycles. The second-order valence-electron chi connectivity index (χ2n) is 5.13. The maximum absolute atomic E-state index is 6.27. The lowest BCUT2D eigenvalue weighted by Gasteiger charge is -2.37. The van der Waals surface area contributed by atoms with Crippen LogP contribution >= 0.6 is 0 Å². The van der Waals surface area contributed by atoms with E-state index in [1.165, 1.54) is 6.42 Å². The van der Waals surface area contributed by atoms with Crippen LogP contribution in [0, 0.1) is 0 Å². The van der Waals surface area contributed by atoms with Crippen molar-refractivity contribution in [3.8, 4) is 0 Å². The van der Waals surface area contributed by atoms with Crippen LogP contribution in [0.5, 0.6) is 0 Å². The fourth-order valence-corrected chi connectivity index (χ4v) is 4.13. The highest BCUT2D eigenvalue weighted by molar-refractivity contribution is 6.72. The van der Waals surface area contributed by atoms with Crippen LogP contribution in [0.2, 0.25) is 18.6 Å². The monoisotopic (exact) mass is 202 g/mol. The van der Waals surface area contributed by atoms with Gasteiger partial charge in [-0.2, -0.15) is 0 Å². The molecule has 0 saturated heterocycles. The van der Waals surface area contributed by atoms with Crippen molar-refractivity contribution in [3.05, 3.63) is 0 Å². The third-order valence-electron chi connectivity index (χ3n) is 3.19. The van der Waals surface area contributed by atoms with Crippen molar-refractivity contribution in [2.75, 3.05) is 0 Å². The van der Waals surface area contributed by atoms with Crippen molar-refractivity contribution in [1.29, 1.82) is 0 Å². The number of hydrogen-bond acceptors (Lipinski definition) is 1. The minimum Gasteiger partial charge on any atom is -0.412 e. The average Bonchev–Trinajstić information content (AvgIpc) is 2.01. The molecule has 0 amide bonds. The Morgan fingerprint density at radius 3 is 2.00 bits per heavy atom. The van der Waals surface area contributed by atoms with Crippen LogP contribution < -0.4 is 0 Å². The first-order chi connectivity index (χ1) is 5.75. The van der Waals surface area contributed by atoms with Crippen LogP contribution in [0.3, 0.4) is 0 Å². The molecule has 0 rings (SSSR count). The van der Waals surface area contributed by atoms with E-state index in [9.17, 15) is 0 Å². The zero-order valence-corrected chi connectivity index (χ0v) is 11.4. The van der Waals surface area contributed by atoms with Gasteiger partial charge in [-0.05, 0) is 38.9 Å². The lowest BCUT2D eigenvalue weighted by molar-refractivity contribution is 0.0916. The molecule has 0 aliphatic rings. The fourth-order valence-electron chi connectivity index (χ4n) is 1.38. The normalized spacial score (nSPS) is 15.9. The summed E-state index contributed by atoms with van der Waals surface area (Å²) in [4.78, 5) is 0. The molecule has 1 nitrogen and oxygen atoms in total. The number of rotatable bonds is 5. The van der Waals surface area contributed by atoms with Crippen molar-refractivity contribution in [1.82, 2.24) is 0 Å². The van der Waals surface area contributed by atoms with Crippen LogP contribution in [0.1, 0.15) is 47.5 Å². The third-order valence-corrected chi connectivity index (χ3v) is 7.05. The zero-order valence-electron chi connectivity index (χ0n) is 10.4. The minimum absolute atomic E-state index is 0.0686.